The number of benzene rings is 3. The number of ether oxygens (including phenoxy) is 1. The molecule has 4 aromatic rings. The zero-order valence-electron chi connectivity index (χ0n) is 21.6. The Balaban J connectivity index is 1.50. The molecule has 0 aliphatic carbocycles. The van der Waals surface area contributed by atoms with Gasteiger partial charge in [-0.1, -0.05) is 48.0 Å². The van der Waals surface area contributed by atoms with Crippen molar-refractivity contribution in [3.05, 3.63) is 141 Å². The fourth-order valence-corrected chi connectivity index (χ4v) is 4.72. The summed E-state index contributed by atoms with van der Waals surface area (Å²) in [5.41, 5.74) is 3.09. The summed E-state index contributed by atoms with van der Waals surface area (Å²) in [5, 5.41) is 22.8. The van der Waals surface area contributed by atoms with Crippen LogP contribution in [0.2, 0.25) is 0 Å². The SMILES string of the molecule is Cc1cccc(COc2ccc(C(O)=C3C(=O)C(=O)N(Cc4cccnc4)[C@@H]3c3cccc([N+](=O)[O-])c3)cc2)c1. The lowest BCUT2D eigenvalue weighted by Gasteiger charge is -2.25. The van der Waals surface area contributed by atoms with Gasteiger partial charge < -0.3 is 14.7 Å². The van der Waals surface area contributed by atoms with Gasteiger partial charge in [-0.2, -0.15) is 0 Å². The molecule has 0 bridgehead atoms. The van der Waals surface area contributed by atoms with Crippen molar-refractivity contribution in [2.75, 3.05) is 0 Å². The molecule has 40 heavy (non-hydrogen) atoms. The highest BCUT2D eigenvalue weighted by molar-refractivity contribution is 6.46. The number of aliphatic hydroxyl groups excluding tert-OH is 1. The first-order chi connectivity index (χ1) is 19.3. The zero-order valence-corrected chi connectivity index (χ0v) is 21.6. The van der Waals surface area contributed by atoms with Gasteiger partial charge in [-0.25, -0.2) is 0 Å². The number of nitrogens with zero attached hydrogens (tertiary/aromatic N) is 3. The summed E-state index contributed by atoms with van der Waals surface area (Å²) in [6.07, 6.45) is 3.16. The second kappa shape index (κ2) is 11.2. The highest BCUT2D eigenvalue weighted by atomic mass is 16.6. The van der Waals surface area contributed by atoms with Crippen LogP contribution >= 0.6 is 0 Å². The van der Waals surface area contributed by atoms with Crippen LogP contribution < -0.4 is 4.74 Å². The number of hydrogen-bond acceptors (Lipinski definition) is 7. The van der Waals surface area contributed by atoms with Crippen molar-refractivity contribution in [3.8, 4) is 5.75 Å². The van der Waals surface area contributed by atoms with Crippen molar-refractivity contribution in [1.82, 2.24) is 9.88 Å². The van der Waals surface area contributed by atoms with Crippen molar-refractivity contribution >= 4 is 23.1 Å². The van der Waals surface area contributed by atoms with Crippen molar-refractivity contribution in [1.29, 1.82) is 0 Å². The number of ketones is 1. The Morgan fingerprint density at radius 2 is 1.75 bits per heavy atom. The van der Waals surface area contributed by atoms with E-state index in [1.54, 1.807) is 54.9 Å². The summed E-state index contributed by atoms with van der Waals surface area (Å²) in [5.74, 6) is -1.52. The lowest BCUT2D eigenvalue weighted by atomic mass is 9.95. The highest BCUT2D eigenvalue weighted by Crippen LogP contribution is 2.41. The van der Waals surface area contributed by atoms with Crippen LogP contribution in [0, 0.1) is 17.0 Å². The minimum Gasteiger partial charge on any atom is -0.507 e. The summed E-state index contributed by atoms with van der Waals surface area (Å²) in [4.78, 5) is 42.8. The molecule has 1 amide bonds. The predicted octanol–water partition coefficient (Wildman–Crippen LogP) is 5.50. The van der Waals surface area contributed by atoms with Crippen LogP contribution in [0.25, 0.3) is 5.76 Å². The predicted molar refractivity (Wildman–Crippen MR) is 147 cm³/mol. The molecule has 1 saturated heterocycles. The molecule has 0 unspecified atom stereocenters. The molecule has 9 nitrogen and oxygen atoms in total. The number of aromatic nitrogens is 1. The maximum absolute atomic E-state index is 13.3. The number of aliphatic hydroxyl groups is 1. The Kier molecular flexibility index (Phi) is 7.37. The molecule has 200 valence electrons. The first-order valence-corrected chi connectivity index (χ1v) is 12.5. The van der Waals surface area contributed by atoms with E-state index >= 15 is 0 Å². The van der Waals surface area contributed by atoms with Gasteiger partial charge in [0.1, 0.15) is 18.1 Å². The molecule has 1 aliphatic rings. The van der Waals surface area contributed by atoms with Gasteiger partial charge in [0.25, 0.3) is 17.4 Å². The fraction of sp³-hybridized carbons (Fsp3) is 0.129. The summed E-state index contributed by atoms with van der Waals surface area (Å²) < 4.78 is 5.86. The Hall–Kier alpha value is -5.31. The van der Waals surface area contributed by atoms with E-state index < -0.39 is 22.7 Å². The molecule has 0 saturated carbocycles. The number of Topliss-reactive ketones (excluding diaryl/α,β-unsaturated/α-hetero) is 1. The van der Waals surface area contributed by atoms with Crippen molar-refractivity contribution in [3.63, 3.8) is 0 Å². The zero-order chi connectivity index (χ0) is 28.2. The van der Waals surface area contributed by atoms with E-state index in [2.05, 4.69) is 4.98 Å². The minimum absolute atomic E-state index is 0.0221. The summed E-state index contributed by atoms with van der Waals surface area (Å²) in [6.45, 7) is 2.38. The lowest BCUT2D eigenvalue weighted by molar-refractivity contribution is -0.384. The number of carbonyl (C=O) groups is 2. The van der Waals surface area contributed by atoms with Crippen LogP contribution in [0.4, 0.5) is 5.69 Å². The smallest absolute Gasteiger partial charge is 0.295 e. The normalized spacial score (nSPS) is 16.2. The van der Waals surface area contributed by atoms with Crippen LogP contribution in [-0.4, -0.2) is 31.6 Å². The molecular weight excluding hydrogens is 510 g/mol. The van der Waals surface area contributed by atoms with Crippen LogP contribution in [0.3, 0.4) is 0 Å². The number of pyridine rings is 1. The number of carbonyl (C=O) groups excluding carboxylic acids is 2. The van der Waals surface area contributed by atoms with Crippen molar-refractivity contribution < 1.29 is 24.4 Å². The molecule has 2 heterocycles. The molecule has 0 radical (unpaired) electrons. The molecule has 9 heteroatoms. The average Bonchev–Trinajstić information content (AvgIpc) is 3.21. The van der Waals surface area contributed by atoms with Crippen molar-refractivity contribution in [2.24, 2.45) is 0 Å². The highest BCUT2D eigenvalue weighted by Gasteiger charge is 2.46. The van der Waals surface area contributed by atoms with Crippen LogP contribution in [0.5, 0.6) is 5.75 Å². The second-order valence-corrected chi connectivity index (χ2v) is 9.44. The molecule has 3 aromatic carbocycles. The van der Waals surface area contributed by atoms with E-state index in [0.29, 0.717) is 29.0 Å². The van der Waals surface area contributed by atoms with Crippen LogP contribution in [0.1, 0.15) is 33.9 Å². The van der Waals surface area contributed by atoms with E-state index in [9.17, 15) is 24.8 Å². The largest absolute Gasteiger partial charge is 0.507 e. The topological polar surface area (TPSA) is 123 Å². The average molecular weight is 536 g/mol. The minimum atomic E-state index is -1.04. The maximum atomic E-state index is 13.3. The van der Waals surface area contributed by atoms with Gasteiger partial charge in [-0.15, -0.1) is 0 Å². The molecule has 1 atom stereocenters. The van der Waals surface area contributed by atoms with E-state index in [1.165, 1.54) is 23.1 Å². The molecule has 1 aliphatic heterocycles. The Labute approximate surface area is 230 Å². The van der Waals surface area contributed by atoms with Gasteiger partial charge in [-0.05, 0) is 53.9 Å². The summed E-state index contributed by atoms with van der Waals surface area (Å²) >= 11 is 0. The standard InChI is InChI=1S/C31H25N3O6/c1-20-5-2-6-21(15-20)19-40-26-12-10-23(11-13-26)29(35)27-28(24-8-3-9-25(16-24)34(38)39)33(31(37)30(27)36)18-22-7-4-14-32-17-22/h2-17,28,35H,18-19H2,1H3/t28-/m1/s1. The van der Waals surface area contributed by atoms with Gasteiger partial charge in [0.15, 0.2) is 0 Å². The molecule has 1 N–H and O–H groups in total. The van der Waals surface area contributed by atoms with Gasteiger partial charge >= 0.3 is 0 Å². The Bertz CT molecular complexity index is 1620. The van der Waals surface area contributed by atoms with Gasteiger partial charge in [-0.3, -0.25) is 24.7 Å². The maximum Gasteiger partial charge on any atom is 0.295 e. The molecule has 1 aromatic heterocycles. The number of amides is 1. The summed E-state index contributed by atoms with van der Waals surface area (Å²) in [7, 11) is 0. The molecular formula is C31H25N3O6. The third-order valence-corrected chi connectivity index (χ3v) is 6.63. The number of nitro benzene ring substituents is 1. The first kappa shape index (κ1) is 26.3. The lowest BCUT2D eigenvalue weighted by Crippen LogP contribution is -2.29. The van der Waals surface area contributed by atoms with Gasteiger partial charge in [0.2, 0.25) is 0 Å². The third kappa shape index (κ3) is 5.44. The summed E-state index contributed by atoms with van der Waals surface area (Å²) in [6, 6.07) is 22.6. The van der Waals surface area contributed by atoms with Crippen molar-refractivity contribution in [2.45, 2.75) is 26.1 Å². The van der Waals surface area contributed by atoms with E-state index in [1.807, 2.05) is 31.2 Å². The second-order valence-electron chi connectivity index (χ2n) is 9.44. The number of aryl methyl sites for hydroxylation is 1. The quantitative estimate of drug-likeness (QED) is 0.104. The monoisotopic (exact) mass is 535 g/mol. The third-order valence-electron chi connectivity index (χ3n) is 6.63. The molecule has 5 rings (SSSR count). The molecule has 1 fully saturated rings. The molecule has 0 spiro atoms. The Morgan fingerprint density at radius 1 is 1.00 bits per heavy atom. The van der Waals surface area contributed by atoms with Crippen LogP contribution in [0.15, 0.2) is 103 Å². The van der Waals surface area contributed by atoms with E-state index in [4.69, 9.17) is 4.74 Å². The van der Waals surface area contributed by atoms with Crippen LogP contribution in [-0.2, 0) is 22.7 Å². The Morgan fingerprint density at radius 3 is 2.45 bits per heavy atom. The van der Waals surface area contributed by atoms with E-state index in [0.717, 1.165) is 11.1 Å². The number of hydrogen-bond donors (Lipinski definition) is 1. The fourth-order valence-electron chi connectivity index (χ4n) is 4.72. The first-order valence-electron chi connectivity index (χ1n) is 12.5. The number of rotatable bonds is 8. The number of non-ortho nitro benzene ring substituents is 1. The van der Waals surface area contributed by atoms with Gasteiger partial charge in [0.05, 0.1) is 16.5 Å². The van der Waals surface area contributed by atoms with Gasteiger partial charge in [0, 0.05) is 36.6 Å². The number of nitro groups is 1. The number of likely N-dealkylation sites (tertiary alicyclic amines) is 1. The van der Waals surface area contributed by atoms with E-state index in [-0.39, 0.29) is 23.6 Å².